The Morgan fingerprint density at radius 2 is 2.00 bits per heavy atom. The van der Waals surface area contributed by atoms with Gasteiger partial charge in [-0.25, -0.2) is 8.78 Å². The molecular weight excluding hydrogens is 383 g/mol. The summed E-state index contributed by atoms with van der Waals surface area (Å²) in [6.45, 7) is 0.977. The third-order valence-corrected chi connectivity index (χ3v) is 4.70. The molecule has 0 radical (unpaired) electrons. The first-order chi connectivity index (χ1) is 13.1. The van der Waals surface area contributed by atoms with Gasteiger partial charge in [-0.1, -0.05) is 0 Å². The zero-order valence-electron chi connectivity index (χ0n) is 15.1. The van der Waals surface area contributed by atoms with Crippen molar-refractivity contribution in [2.75, 3.05) is 6.61 Å². The molecule has 1 saturated carbocycles. The van der Waals surface area contributed by atoms with Gasteiger partial charge in [-0.15, -0.1) is 0 Å². The van der Waals surface area contributed by atoms with Gasteiger partial charge in [0.25, 0.3) is 5.91 Å². The van der Waals surface area contributed by atoms with Gasteiger partial charge in [-0.05, 0) is 44.4 Å². The molecule has 1 heterocycles. The van der Waals surface area contributed by atoms with E-state index in [0.29, 0.717) is 0 Å². The molecule has 4 nitrogen and oxygen atoms in total. The van der Waals surface area contributed by atoms with Crippen LogP contribution in [0.15, 0.2) is 24.4 Å². The van der Waals surface area contributed by atoms with Gasteiger partial charge in [-0.3, -0.25) is 9.78 Å². The van der Waals surface area contributed by atoms with E-state index in [9.17, 15) is 26.7 Å². The molecular formula is C19H19F5N2O2. The lowest BCUT2D eigenvalue weighted by atomic mass is 9.94. The van der Waals surface area contributed by atoms with E-state index in [1.165, 1.54) is 19.1 Å². The molecule has 1 amide bonds. The average molecular weight is 402 g/mol. The summed E-state index contributed by atoms with van der Waals surface area (Å²) in [5, 5.41) is 2.53. The molecule has 0 aliphatic heterocycles. The zero-order valence-corrected chi connectivity index (χ0v) is 15.1. The fourth-order valence-corrected chi connectivity index (χ4v) is 3.02. The number of carbonyl (C=O) groups is 1. The molecule has 0 spiro atoms. The number of nitrogens with one attached hydrogen (secondary N) is 1. The molecule has 1 atom stereocenters. The number of halogens is 5. The monoisotopic (exact) mass is 402 g/mol. The number of rotatable bonds is 6. The van der Waals surface area contributed by atoms with Crippen molar-refractivity contribution in [3.63, 3.8) is 0 Å². The van der Waals surface area contributed by atoms with Gasteiger partial charge in [0, 0.05) is 11.6 Å². The lowest BCUT2D eigenvalue weighted by molar-refractivity contribution is -0.156. The number of nitrogens with zero attached hydrogens (tertiary/aromatic N) is 1. The van der Waals surface area contributed by atoms with Crippen molar-refractivity contribution in [2.45, 2.75) is 50.4 Å². The van der Waals surface area contributed by atoms with Crippen LogP contribution in [0.1, 0.15) is 43.0 Å². The molecule has 0 bridgehead atoms. The summed E-state index contributed by atoms with van der Waals surface area (Å²) in [5.41, 5.74) is -1.99. The molecule has 1 N–H and O–H groups in total. The quantitative estimate of drug-likeness (QED) is 0.723. The lowest BCUT2D eigenvalue weighted by Gasteiger charge is -2.35. The van der Waals surface area contributed by atoms with Crippen LogP contribution in [0.4, 0.5) is 22.0 Å². The van der Waals surface area contributed by atoms with E-state index < -0.39 is 35.7 Å². The first-order valence-electron chi connectivity index (χ1n) is 8.81. The van der Waals surface area contributed by atoms with Crippen LogP contribution in [0.5, 0.6) is 0 Å². The van der Waals surface area contributed by atoms with Gasteiger partial charge in [0.1, 0.15) is 5.52 Å². The number of pyridine rings is 1. The second kappa shape index (κ2) is 7.62. The van der Waals surface area contributed by atoms with Crippen molar-refractivity contribution in [3.05, 3.63) is 41.6 Å². The fourth-order valence-electron chi connectivity index (χ4n) is 3.02. The van der Waals surface area contributed by atoms with Crippen LogP contribution in [-0.4, -0.2) is 35.3 Å². The standard InChI is InChI=1S/C19H19F5N2O2/c1-18(9-19(22,23)24,10-28-13-3-2-4-13)26-17(27)12-7-11-5-6-14(20)15(21)16(11)25-8-12/h5-8,13H,2-4,9-10H2,1H3,(H,26,27). The summed E-state index contributed by atoms with van der Waals surface area (Å²) in [7, 11) is 0. The van der Waals surface area contributed by atoms with Gasteiger partial charge < -0.3 is 10.1 Å². The normalized spacial score (nSPS) is 17.2. The van der Waals surface area contributed by atoms with Crippen molar-refractivity contribution in [3.8, 4) is 0 Å². The smallest absolute Gasteiger partial charge is 0.376 e. The average Bonchev–Trinajstić information content (AvgIpc) is 2.54. The Hall–Kier alpha value is -2.29. The van der Waals surface area contributed by atoms with E-state index in [1.54, 1.807) is 0 Å². The summed E-state index contributed by atoms with van der Waals surface area (Å²) in [6, 6.07) is 3.38. The molecule has 1 aromatic heterocycles. The first-order valence-corrected chi connectivity index (χ1v) is 8.81. The Morgan fingerprint density at radius 3 is 2.61 bits per heavy atom. The molecule has 1 fully saturated rings. The Morgan fingerprint density at radius 1 is 1.29 bits per heavy atom. The minimum Gasteiger partial charge on any atom is -0.376 e. The van der Waals surface area contributed by atoms with Crippen molar-refractivity contribution < 1.29 is 31.5 Å². The Bertz CT molecular complexity index is 882. The van der Waals surface area contributed by atoms with E-state index in [1.807, 2.05) is 0 Å². The second-order valence-corrected chi connectivity index (χ2v) is 7.33. The maximum absolute atomic E-state index is 13.7. The van der Waals surface area contributed by atoms with Crippen molar-refractivity contribution >= 4 is 16.8 Å². The summed E-state index contributed by atoms with van der Waals surface area (Å²) in [5.74, 6) is -3.04. The topological polar surface area (TPSA) is 51.2 Å². The highest BCUT2D eigenvalue weighted by atomic mass is 19.4. The molecule has 3 rings (SSSR count). The van der Waals surface area contributed by atoms with E-state index in [4.69, 9.17) is 4.74 Å². The molecule has 1 aliphatic carbocycles. The van der Waals surface area contributed by atoms with Gasteiger partial charge in [0.05, 0.1) is 30.2 Å². The van der Waals surface area contributed by atoms with Gasteiger partial charge in [0.2, 0.25) is 0 Å². The highest BCUT2D eigenvalue weighted by Crippen LogP contribution is 2.30. The Balaban J connectivity index is 1.80. The minimum atomic E-state index is -4.51. The predicted molar refractivity (Wildman–Crippen MR) is 91.8 cm³/mol. The van der Waals surface area contributed by atoms with Crippen LogP contribution in [0.25, 0.3) is 10.9 Å². The number of aromatic nitrogens is 1. The molecule has 1 aliphatic rings. The van der Waals surface area contributed by atoms with E-state index in [2.05, 4.69) is 10.3 Å². The number of amides is 1. The van der Waals surface area contributed by atoms with Gasteiger partial charge >= 0.3 is 6.18 Å². The fraction of sp³-hybridized carbons (Fsp3) is 0.474. The zero-order chi connectivity index (χ0) is 20.5. The number of hydrogen-bond donors (Lipinski definition) is 1. The molecule has 28 heavy (non-hydrogen) atoms. The minimum absolute atomic E-state index is 0.0597. The van der Waals surface area contributed by atoms with E-state index >= 15 is 0 Å². The second-order valence-electron chi connectivity index (χ2n) is 7.33. The first kappa shape index (κ1) is 20.4. The summed E-state index contributed by atoms with van der Waals surface area (Å²) in [6.07, 6.45) is -2.33. The molecule has 1 unspecified atom stereocenters. The maximum Gasteiger partial charge on any atom is 0.391 e. The number of alkyl halides is 3. The third kappa shape index (κ3) is 4.76. The Kier molecular flexibility index (Phi) is 5.56. The highest BCUT2D eigenvalue weighted by Gasteiger charge is 2.41. The maximum atomic E-state index is 13.7. The van der Waals surface area contributed by atoms with Crippen molar-refractivity contribution in [2.24, 2.45) is 0 Å². The number of hydrogen-bond acceptors (Lipinski definition) is 3. The highest BCUT2D eigenvalue weighted by molar-refractivity contribution is 5.97. The number of fused-ring (bicyclic) bond motifs is 1. The SMILES string of the molecule is CC(COC1CCC1)(CC(F)(F)F)NC(=O)c1cnc2c(F)c(F)ccc2c1. The van der Waals surface area contributed by atoms with E-state index in [-0.39, 0.29) is 29.2 Å². The summed E-state index contributed by atoms with van der Waals surface area (Å²) >= 11 is 0. The predicted octanol–water partition coefficient (Wildman–Crippen LogP) is 4.52. The summed E-state index contributed by atoms with van der Waals surface area (Å²) in [4.78, 5) is 16.3. The van der Waals surface area contributed by atoms with E-state index in [0.717, 1.165) is 31.5 Å². The number of ether oxygens (including phenoxy) is 1. The largest absolute Gasteiger partial charge is 0.391 e. The van der Waals surface area contributed by atoms with Crippen molar-refractivity contribution in [1.29, 1.82) is 0 Å². The van der Waals surface area contributed by atoms with Gasteiger partial charge in [0.15, 0.2) is 11.6 Å². The van der Waals surface area contributed by atoms with Crippen molar-refractivity contribution in [1.82, 2.24) is 10.3 Å². The van der Waals surface area contributed by atoms with Crippen LogP contribution in [0.3, 0.4) is 0 Å². The van der Waals surface area contributed by atoms with Crippen LogP contribution in [-0.2, 0) is 4.74 Å². The third-order valence-electron chi connectivity index (χ3n) is 4.70. The lowest BCUT2D eigenvalue weighted by Crippen LogP contribution is -2.53. The van der Waals surface area contributed by atoms with Crippen LogP contribution >= 0.6 is 0 Å². The molecule has 152 valence electrons. The molecule has 2 aromatic rings. The number of carbonyl (C=O) groups excluding carboxylic acids is 1. The van der Waals surface area contributed by atoms with Crippen LogP contribution in [0, 0.1) is 11.6 Å². The molecule has 1 aromatic carbocycles. The van der Waals surface area contributed by atoms with Gasteiger partial charge in [-0.2, -0.15) is 13.2 Å². The summed E-state index contributed by atoms with van der Waals surface area (Å²) < 4.78 is 71.5. The van der Waals surface area contributed by atoms with Crippen LogP contribution < -0.4 is 5.32 Å². The number of benzene rings is 1. The molecule has 0 saturated heterocycles. The van der Waals surface area contributed by atoms with Crippen LogP contribution in [0.2, 0.25) is 0 Å². The Labute approximate surface area is 158 Å². The molecule has 9 heteroatoms.